The summed E-state index contributed by atoms with van der Waals surface area (Å²) in [6.07, 6.45) is -5.09. The van der Waals surface area contributed by atoms with Gasteiger partial charge in [0.2, 0.25) is 5.91 Å². The normalized spacial score (nSPS) is 31.5. The maximum absolute atomic E-state index is 11.7. The molecule has 0 radical (unpaired) electrons. The lowest BCUT2D eigenvalue weighted by atomic mass is 9.96. The Balaban J connectivity index is 2.77. The Kier molecular flexibility index (Phi) is 6.90. The number of hydrogen-bond donors (Lipinski definition) is 4. The number of amides is 1. The van der Waals surface area contributed by atoms with Crippen molar-refractivity contribution in [1.29, 1.82) is 0 Å². The minimum atomic E-state index is -1.50. The lowest BCUT2D eigenvalue weighted by molar-refractivity contribution is -0.262. The van der Waals surface area contributed by atoms with E-state index >= 15 is 0 Å². The van der Waals surface area contributed by atoms with Gasteiger partial charge >= 0.3 is 5.97 Å². The van der Waals surface area contributed by atoms with Crippen molar-refractivity contribution < 1.29 is 39.1 Å². The van der Waals surface area contributed by atoms with Gasteiger partial charge < -0.3 is 34.8 Å². The van der Waals surface area contributed by atoms with Gasteiger partial charge in [0.1, 0.15) is 36.6 Å². The standard InChI is InChI=1S/C14H25NO8/c1-7(17)15-10-12(11(19)8(5-16)22-13(10)20)21-6-9(18)23-14(2,3)4/h8,10-13,16,19-20H,5-6H2,1-4H3,(H,15,17)/t8-,10+,11-,12+,13-/m1/s1. The van der Waals surface area contributed by atoms with Gasteiger partial charge in [0.15, 0.2) is 6.29 Å². The van der Waals surface area contributed by atoms with Crippen molar-refractivity contribution in [3.05, 3.63) is 0 Å². The van der Waals surface area contributed by atoms with E-state index in [9.17, 15) is 19.8 Å². The van der Waals surface area contributed by atoms with Gasteiger partial charge in [-0.15, -0.1) is 0 Å². The molecule has 0 aromatic heterocycles. The summed E-state index contributed by atoms with van der Waals surface area (Å²) in [6.45, 7) is 5.26. The van der Waals surface area contributed by atoms with Crippen LogP contribution in [0.3, 0.4) is 0 Å². The Bertz CT molecular complexity index is 421. The molecule has 0 spiro atoms. The van der Waals surface area contributed by atoms with Crippen LogP contribution >= 0.6 is 0 Å². The molecule has 0 aliphatic carbocycles. The monoisotopic (exact) mass is 335 g/mol. The second-order valence-electron chi connectivity index (χ2n) is 6.33. The van der Waals surface area contributed by atoms with E-state index in [2.05, 4.69) is 5.32 Å². The molecule has 0 aromatic carbocycles. The number of carbonyl (C=O) groups excluding carboxylic acids is 2. The maximum atomic E-state index is 11.7. The highest BCUT2D eigenvalue weighted by Crippen LogP contribution is 2.22. The highest BCUT2D eigenvalue weighted by Gasteiger charge is 2.46. The molecule has 9 nitrogen and oxygen atoms in total. The van der Waals surface area contributed by atoms with E-state index in [1.807, 2.05) is 0 Å². The molecule has 1 aliphatic heterocycles. The number of carbonyl (C=O) groups is 2. The number of hydrogen-bond acceptors (Lipinski definition) is 8. The van der Waals surface area contributed by atoms with E-state index in [1.165, 1.54) is 6.92 Å². The molecule has 1 saturated heterocycles. The molecule has 0 saturated carbocycles. The van der Waals surface area contributed by atoms with Gasteiger partial charge in [0.05, 0.1) is 6.61 Å². The Hall–Kier alpha value is -1.26. The Morgan fingerprint density at radius 2 is 1.87 bits per heavy atom. The minimum absolute atomic E-state index is 0.474. The third kappa shape index (κ3) is 6.04. The van der Waals surface area contributed by atoms with Crippen LogP contribution in [0.2, 0.25) is 0 Å². The zero-order valence-corrected chi connectivity index (χ0v) is 13.7. The molecule has 4 N–H and O–H groups in total. The highest BCUT2D eigenvalue weighted by molar-refractivity contribution is 5.73. The molecular weight excluding hydrogens is 310 g/mol. The van der Waals surface area contributed by atoms with E-state index in [0.717, 1.165) is 0 Å². The molecule has 0 bridgehead atoms. The summed E-state index contributed by atoms with van der Waals surface area (Å²) in [6, 6.07) is -1.09. The van der Waals surface area contributed by atoms with Gasteiger partial charge in [0.25, 0.3) is 0 Å². The first-order valence-electron chi connectivity index (χ1n) is 7.28. The van der Waals surface area contributed by atoms with Gasteiger partial charge in [-0.25, -0.2) is 4.79 Å². The van der Waals surface area contributed by atoms with Crippen molar-refractivity contribution >= 4 is 11.9 Å². The van der Waals surface area contributed by atoms with Crippen LogP contribution in [0.5, 0.6) is 0 Å². The lowest BCUT2D eigenvalue weighted by Crippen LogP contribution is -2.65. The van der Waals surface area contributed by atoms with Crippen molar-refractivity contribution in [2.45, 2.75) is 63.9 Å². The lowest BCUT2D eigenvalue weighted by Gasteiger charge is -2.42. The predicted molar refractivity (Wildman–Crippen MR) is 77.2 cm³/mol. The zero-order chi connectivity index (χ0) is 17.8. The summed E-state index contributed by atoms with van der Waals surface area (Å²) in [5.41, 5.74) is -0.696. The predicted octanol–water partition coefficient (Wildman–Crippen LogP) is -1.71. The molecular formula is C14H25NO8. The molecule has 1 heterocycles. The molecule has 1 fully saturated rings. The molecule has 5 atom stereocenters. The average molecular weight is 335 g/mol. The number of nitrogens with one attached hydrogen (secondary N) is 1. The fourth-order valence-corrected chi connectivity index (χ4v) is 2.21. The van der Waals surface area contributed by atoms with E-state index in [-0.39, 0.29) is 0 Å². The summed E-state index contributed by atoms with van der Waals surface area (Å²) in [5.74, 6) is -1.13. The first kappa shape index (κ1) is 19.8. The second-order valence-corrected chi connectivity index (χ2v) is 6.33. The van der Waals surface area contributed by atoms with Crippen molar-refractivity contribution in [3.8, 4) is 0 Å². The fraction of sp³-hybridized carbons (Fsp3) is 0.857. The fourth-order valence-electron chi connectivity index (χ4n) is 2.21. The molecule has 9 heteroatoms. The second kappa shape index (κ2) is 8.02. The summed E-state index contributed by atoms with van der Waals surface area (Å²) in [7, 11) is 0. The Morgan fingerprint density at radius 1 is 1.26 bits per heavy atom. The van der Waals surface area contributed by atoms with Crippen molar-refractivity contribution in [1.82, 2.24) is 5.32 Å². The van der Waals surface area contributed by atoms with Crippen molar-refractivity contribution in [3.63, 3.8) is 0 Å². The first-order chi connectivity index (χ1) is 10.5. The molecule has 0 unspecified atom stereocenters. The number of esters is 1. The average Bonchev–Trinajstić information content (AvgIpc) is 2.39. The summed E-state index contributed by atoms with van der Waals surface area (Å²) in [4.78, 5) is 22.9. The SMILES string of the molecule is CC(=O)N[C@H]1[C@H](OCC(=O)OC(C)(C)C)[C@H](O)[C@@H](CO)O[C@H]1O. The molecule has 1 amide bonds. The maximum Gasteiger partial charge on any atom is 0.332 e. The molecule has 1 rings (SSSR count). The summed E-state index contributed by atoms with van der Waals surface area (Å²) >= 11 is 0. The van der Waals surface area contributed by atoms with Crippen LogP contribution in [-0.4, -0.2) is 76.7 Å². The quantitative estimate of drug-likeness (QED) is 0.436. The Labute approximate surface area is 134 Å². The van der Waals surface area contributed by atoms with E-state index in [4.69, 9.17) is 19.3 Å². The Morgan fingerprint density at radius 3 is 2.35 bits per heavy atom. The topological polar surface area (TPSA) is 135 Å². The van der Waals surface area contributed by atoms with Crippen LogP contribution < -0.4 is 5.32 Å². The van der Waals surface area contributed by atoms with Crippen LogP contribution in [0.4, 0.5) is 0 Å². The van der Waals surface area contributed by atoms with Crippen LogP contribution in [0.15, 0.2) is 0 Å². The number of rotatable bonds is 5. The van der Waals surface area contributed by atoms with Gasteiger partial charge in [0, 0.05) is 6.92 Å². The third-order valence-electron chi connectivity index (χ3n) is 3.06. The zero-order valence-electron chi connectivity index (χ0n) is 13.7. The van der Waals surface area contributed by atoms with E-state index in [1.54, 1.807) is 20.8 Å². The van der Waals surface area contributed by atoms with Gasteiger partial charge in [-0.2, -0.15) is 0 Å². The molecule has 0 aromatic rings. The molecule has 134 valence electrons. The van der Waals surface area contributed by atoms with Crippen LogP contribution in [0.1, 0.15) is 27.7 Å². The van der Waals surface area contributed by atoms with E-state index < -0.39 is 61.3 Å². The van der Waals surface area contributed by atoms with Crippen LogP contribution in [0.25, 0.3) is 0 Å². The van der Waals surface area contributed by atoms with Gasteiger partial charge in [-0.1, -0.05) is 0 Å². The minimum Gasteiger partial charge on any atom is -0.458 e. The van der Waals surface area contributed by atoms with Crippen molar-refractivity contribution in [2.24, 2.45) is 0 Å². The van der Waals surface area contributed by atoms with Gasteiger partial charge in [-0.05, 0) is 20.8 Å². The van der Waals surface area contributed by atoms with Crippen molar-refractivity contribution in [2.75, 3.05) is 13.2 Å². The highest BCUT2D eigenvalue weighted by atomic mass is 16.6. The first-order valence-corrected chi connectivity index (χ1v) is 7.28. The van der Waals surface area contributed by atoms with E-state index in [0.29, 0.717) is 0 Å². The van der Waals surface area contributed by atoms with Crippen LogP contribution in [-0.2, 0) is 23.8 Å². The van der Waals surface area contributed by atoms with Crippen LogP contribution in [0, 0.1) is 0 Å². The molecule has 23 heavy (non-hydrogen) atoms. The summed E-state index contributed by atoms with van der Waals surface area (Å²) in [5, 5.41) is 31.6. The number of ether oxygens (including phenoxy) is 3. The smallest absolute Gasteiger partial charge is 0.332 e. The number of aliphatic hydroxyl groups is 3. The third-order valence-corrected chi connectivity index (χ3v) is 3.06. The number of aliphatic hydroxyl groups excluding tert-OH is 3. The van der Waals surface area contributed by atoms with Gasteiger partial charge in [-0.3, -0.25) is 4.79 Å². The summed E-state index contributed by atoms with van der Waals surface area (Å²) < 4.78 is 15.4. The molecule has 1 aliphatic rings. The largest absolute Gasteiger partial charge is 0.458 e.